The first-order chi connectivity index (χ1) is 10.3. The molecule has 1 aromatic rings. The number of pyridine rings is 1. The van der Waals surface area contributed by atoms with E-state index in [9.17, 15) is 4.79 Å². The Hall–Kier alpha value is -1.62. The molecule has 21 heavy (non-hydrogen) atoms. The summed E-state index contributed by atoms with van der Waals surface area (Å²) < 4.78 is 5.38. The standard InChI is InChI=1S/C16H23N3O2/c1-13-14(15-4-2-3-7-19(15)12-20)5-6-16(17-13)18-8-10-21-11-9-18/h5-6,12,15H,2-4,7-11H2,1H3/t15-/m1/s1. The fourth-order valence-corrected chi connectivity index (χ4v) is 3.29. The molecule has 114 valence electrons. The van der Waals surface area contributed by atoms with Gasteiger partial charge in [0, 0.05) is 25.3 Å². The van der Waals surface area contributed by atoms with E-state index in [4.69, 9.17) is 9.72 Å². The highest BCUT2D eigenvalue weighted by atomic mass is 16.5. The molecule has 0 aromatic carbocycles. The van der Waals surface area contributed by atoms with Gasteiger partial charge < -0.3 is 14.5 Å². The number of hydrogen-bond acceptors (Lipinski definition) is 4. The minimum atomic E-state index is 0.197. The number of piperidine rings is 1. The van der Waals surface area contributed by atoms with E-state index in [-0.39, 0.29) is 6.04 Å². The predicted molar refractivity (Wildman–Crippen MR) is 81.4 cm³/mol. The molecule has 5 heteroatoms. The summed E-state index contributed by atoms with van der Waals surface area (Å²) in [5.74, 6) is 1.02. The Morgan fingerprint density at radius 1 is 1.24 bits per heavy atom. The maximum Gasteiger partial charge on any atom is 0.210 e. The number of anilines is 1. The molecular weight excluding hydrogens is 266 g/mol. The third-order valence-corrected chi connectivity index (χ3v) is 4.49. The zero-order chi connectivity index (χ0) is 14.7. The summed E-state index contributed by atoms with van der Waals surface area (Å²) in [6.45, 7) is 6.25. The molecule has 2 saturated heterocycles. The van der Waals surface area contributed by atoms with E-state index in [0.717, 1.165) is 63.6 Å². The topological polar surface area (TPSA) is 45.7 Å². The number of amides is 1. The van der Waals surface area contributed by atoms with Crippen LogP contribution >= 0.6 is 0 Å². The molecule has 0 spiro atoms. The SMILES string of the molecule is Cc1nc(N2CCOCC2)ccc1[C@H]1CCCCN1C=O. The molecule has 3 heterocycles. The normalized spacial score (nSPS) is 23.2. The molecule has 0 unspecified atom stereocenters. The number of hydrogen-bond donors (Lipinski definition) is 0. The molecule has 0 saturated carbocycles. The van der Waals surface area contributed by atoms with E-state index in [1.54, 1.807) is 0 Å². The summed E-state index contributed by atoms with van der Waals surface area (Å²) >= 11 is 0. The van der Waals surface area contributed by atoms with Crippen molar-refractivity contribution in [3.05, 3.63) is 23.4 Å². The molecule has 0 bridgehead atoms. The molecule has 0 aliphatic carbocycles. The van der Waals surface area contributed by atoms with Crippen LogP contribution in [0, 0.1) is 6.92 Å². The average Bonchev–Trinajstić information content (AvgIpc) is 2.55. The Labute approximate surface area is 125 Å². The molecule has 1 atom stereocenters. The van der Waals surface area contributed by atoms with Crippen molar-refractivity contribution >= 4 is 12.2 Å². The lowest BCUT2D eigenvalue weighted by atomic mass is 9.95. The summed E-state index contributed by atoms with van der Waals surface area (Å²) in [7, 11) is 0. The number of rotatable bonds is 3. The van der Waals surface area contributed by atoms with Crippen LogP contribution in [-0.2, 0) is 9.53 Å². The third-order valence-electron chi connectivity index (χ3n) is 4.49. The maximum absolute atomic E-state index is 11.3. The van der Waals surface area contributed by atoms with Gasteiger partial charge in [-0.2, -0.15) is 0 Å². The number of aryl methyl sites for hydroxylation is 1. The first-order valence-electron chi connectivity index (χ1n) is 7.81. The third kappa shape index (κ3) is 3.02. The van der Waals surface area contributed by atoms with Crippen molar-refractivity contribution < 1.29 is 9.53 Å². The number of ether oxygens (including phenoxy) is 1. The van der Waals surface area contributed by atoms with Crippen LogP contribution in [0.3, 0.4) is 0 Å². The number of likely N-dealkylation sites (tertiary alicyclic amines) is 1. The van der Waals surface area contributed by atoms with Crippen molar-refractivity contribution in [2.24, 2.45) is 0 Å². The lowest BCUT2D eigenvalue weighted by Crippen LogP contribution is -2.37. The molecule has 0 N–H and O–H groups in total. The number of carbonyl (C=O) groups excluding carboxylic acids is 1. The second-order valence-electron chi connectivity index (χ2n) is 5.80. The van der Waals surface area contributed by atoms with Gasteiger partial charge in [-0.05, 0) is 37.8 Å². The first-order valence-corrected chi connectivity index (χ1v) is 7.81. The van der Waals surface area contributed by atoms with Gasteiger partial charge in [-0.15, -0.1) is 0 Å². The lowest BCUT2D eigenvalue weighted by molar-refractivity contribution is -0.121. The first kappa shape index (κ1) is 14.3. The van der Waals surface area contributed by atoms with Gasteiger partial charge in [0.25, 0.3) is 0 Å². The fourth-order valence-electron chi connectivity index (χ4n) is 3.29. The van der Waals surface area contributed by atoms with Crippen LogP contribution in [0.1, 0.15) is 36.6 Å². The smallest absolute Gasteiger partial charge is 0.210 e. The van der Waals surface area contributed by atoms with Crippen molar-refractivity contribution in [2.75, 3.05) is 37.7 Å². The van der Waals surface area contributed by atoms with Crippen molar-refractivity contribution in [3.63, 3.8) is 0 Å². The quantitative estimate of drug-likeness (QED) is 0.797. The summed E-state index contributed by atoms with van der Waals surface area (Å²) in [5.41, 5.74) is 2.23. The van der Waals surface area contributed by atoms with Gasteiger partial charge in [0.2, 0.25) is 6.41 Å². The van der Waals surface area contributed by atoms with E-state index < -0.39 is 0 Å². The van der Waals surface area contributed by atoms with Crippen molar-refractivity contribution in [3.8, 4) is 0 Å². The largest absolute Gasteiger partial charge is 0.378 e. The number of carbonyl (C=O) groups is 1. The van der Waals surface area contributed by atoms with Gasteiger partial charge in [-0.3, -0.25) is 4.79 Å². The van der Waals surface area contributed by atoms with Crippen molar-refractivity contribution in [1.82, 2.24) is 9.88 Å². The van der Waals surface area contributed by atoms with Crippen LogP contribution in [-0.4, -0.2) is 49.1 Å². The molecule has 5 nitrogen and oxygen atoms in total. The van der Waals surface area contributed by atoms with Gasteiger partial charge in [-0.25, -0.2) is 4.98 Å². The van der Waals surface area contributed by atoms with Crippen LogP contribution in [0.2, 0.25) is 0 Å². The summed E-state index contributed by atoms with van der Waals surface area (Å²) in [5, 5.41) is 0. The van der Waals surface area contributed by atoms with Crippen LogP contribution in [0.25, 0.3) is 0 Å². The average molecular weight is 289 g/mol. The zero-order valence-corrected chi connectivity index (χ0v) is 12.6. The summed E-state index contributed by atoms with van der Waals surface area (Å²) in [6, 6.07) is 4.44. The monoisotopic (exact) mass is 289 g/mol. The molecule has 1 amide bonds. The van der Waals surface area contributed by atoms with Gasteiger partial charge in [0.1, 0.15) is 5.82 Å². The minimum absolute atomic E-state index is 0.197. The van der Waals surface area contributed by atoms with E-state index in [1.807, 2.05) is 4.90 Å². The highest BCUT2D eigenvalue weighted by Crippen LogP contribution is 2.32. The molecule has 0 radical (unpaired) electrons. The van der Waals surface area contributed by atoms with Crippen molar-refractivity contribution in [1.29, 1.82) is 0 Å². The molecular formula is C16H23N3O2. The van der Waals surface area contributed by atoms with Gasteiger partial charge in [0.15, 0.2) is 0 Å². The Kier molecular flexibility index (Phi) is 4.39. The van der Waals surface area contributed by atoms with Crippen LogP contribution < -0.4 is 4.90 Å². The maximum atomic E-state index is 11.3. The predicted octanol–water partition coefficient (Wildman–Crippen LogP) is 1.91. The van der Waals surface area contributed by atoms with Crippen LogP contribution in [0.4, 0.5) is 5.82 Å². The lowest BCUT2D eigenvalue weighted by Gasteiger charge is -2.34. The van der Waals surface area contributed by atoms with Gasteiger partial charge >= 0.3 is 0 Å². The fraction of sp³-hybridized carbons (Fsp3) is 0.625. The van der Waals surface area contributed by atoms with E-state index >= 15 is 0 Å². The highest BCUT2D eigenvalue weighted by molar-refractivity contribution is 5.50. The molecule has 2 aliphatic heterocycles. The number of nitrogens with zero attached hydrogens (tertiary/aromatic N) is 3. The Balaban J connectivity index is 1.81. The van der Waals surface area contributed by atoms with Gasteiger partial charge in [-0.1, -0.05) is 6.07 Å². The van der Waals surface area contributed by atoms with Crippen molar-refractivity contribution in [2.45, 2.75) is 32.2 Å². The molecule has 1 aromatic heterocycles. The summed E-state index contributed by atoms with van der Waals surface area (Å²) in [4.78, 5) is 20.2. The minimum Gasteiger partial charge on any atom is -0.378 e. The van der Waals surface area contributed by atoms with Crippen LogP contribution in [0.5, 0.6) is 0 Å². The second-order valence-corrected chi connectivity index (χ2v) is 5.80. The van der Waals surface area contributed by atoms with E-state index in [0.29, 0.717) is 0 Å². The second kappa shape index (κ2) is 6.43. The Morgan fingerprint density at radius 2 is 2.05 bits per heavy atom. The Bertz CT molecular complexity index is 500. The summed E-state index contributed by atoms with van der Waals surface area (Å²) in [6.07, 6.45) is 4.31. The van der Waals surface area contributed by atoms with E-state index in [1.165, 1.54) is 12.0 Å². The van der Waals surface area contributed by atoms with Gasteiger partial charge in [0.05, 0.1) is 19.3 Å². The van der Waals surface area contributed by atoms with Crippen LogP contribution in [0.15, 0.2) is 12.1 Å². The molecule has 2 fully saturated rings. The zero-order valence-electron chi connectivity index (χ0n) is 12.6. The number of aromatic nitrogens is 1. The number of morpholine rings is 1. The molecule has 3 rings (SSSR count). The molecule has 2 aliphatic rings. The Morgan fingerprint density at radius 3 is 2.76 bits per heavy atom. The highest BCUT2D eigenvalue weighted by Gasteiger charge is 2.25. The van der Waals surface area contributed by atoms with E-state index in [2.05, 4.69) is 24.0 Å².